The summed E-state index contributed by atoms with van der Waals surface area (Å²) in [4.78, 5) is 44.5. The molecule has 2 N–H and O–H groups in total. The van der Waals surface area contributed by atoms with Crippen LogP contribution < -0.4 is 10.6 Å². The monoisotopic (exact) mass is 570 g/mol. The molecule has 0 saturated carbocycles. The number of rotatable bonds is 10. The van der Waals surface area contributed by atoms with E-state index in [9.17, 15) is 14.4 Å². The Morgan fingerprint density at radius 1 is 0.976 bits per heavy atom. The van der Waals surface area contributed by atoms with Crippen LogP contribution in [0.4, 0.5) is 0 Å². The molecule has 0 aliphatic carbocycles. The zero-order valence-electron chi connectivity index (χ0n) is 27.5. The highest BCUT2D eigenvalue weighted by molar-refractivity contribution is 5.94. The number of aryl methyl sites for hydroxylation is 2. The Hall–Kier alpha value is -2.71. The van der Waals surface area contributed by atoms with Crippen molar-refractivity contribution in [2.45, 2.75) is 92.8 Å². The number of nitrogens with zero attached hydrogens (tertiary/aromatic N) is 2. The largest absolute Gasteiger partial charge is 0.378 e. The van der Waals surface area contributed by atoms with Gasteiger partial charge >= 0.3 is 0 Å². The SMILES string of the molecule is CN[C@H](C(=O)N[C@H](C(=O)N(C)[C@H](C=C(C)C(=O)N1CCOCC1)C(C)C)C(C)(C)C)C(C)(C)c1cc(C)cc(C)c1. The van der Waals surface area contributed by atoms with Crippen LogP contribution >= 0.6 is 0 Å². The predicted molar refractivity (Wildman–Crippen MR) is 166 cm³/mol. The molecule has 1 saturated heterocycles. The number of amides is 3. The van der Waals surface area contributed by atoms with Gasteiger partial charge in [0.25, 0.3) is 0 Å². The Morgan fingerprint density at radius 2 is 1.51 bits per heavy atom. The number of likely N-dealkylation sites (N-methyl/N-ethyl adjacent to an activating group) is 2. The third-order valence-corrected chi connectivity index (χ3v) is 8.17. The molecule has 3 atom stereocenters. The second-order valence-corrected chi connectivity index (χ2v) is 13.6. The maximum atomic E-state index is 14.1. The minimum Gasteiger partial charge on any atom is -0.378 e. The molecule has 1 aliphatic heterocycles. The fraction of sp³-hybridized carbons (Fsp3) is 0.667. The second kappa shape index (κ2) is 14.0. The molecule has 230 valence electrons. The van der Waals surface area contributed by atoms with Gasteiger partial charge in [0.05, 0.1) is 25.3 Å². The summed E-state index contributed by atoms with van der Waals surface area (Å²) in [6.45, 7) is 22.2. The molecule has 41 heavy (non-hydrogen) atoms. The summed E-state index contributed by atoms with van der Waals surface area (Å²) in [5, 5.41) is 6.33. The first-order valence-electron chi connectivity index (χ1n) is 14.8. The molecule has 0 unspecified atom stereocenters. The molecule has 3 amide bonds. The van der Waals surface area contributed by atoms with Crippen molar-refractivity contribution in [2.75, 3.05) is 40.4 Å². The molecule has 0 aromatic heterocycles. The van der Waals surface area contributed by atoms with E-state index in [1.165, 1.54) is 0 Å². The first kappa shape index (κ1) is 34.5. The number of ether oxygens (including phenoxy) is 1. The lowest BCUT2D eigenvalue weighted by atomic mass is 9.76. The topological polar surface area (TPSA) is 91.0 Å². The molecular formula is C33H54N4O4. The zero-order chi connectivity index (χ0) is 31.3. The molecule has 1 fully saturated rings. The van der Waals surface area contributed by atoms with Gasteiger partial charge in [0, 0.05) is 31.1 Å². The van der Waals surface area contributed by atoms with Gasteiger partial charge in [-0.15, -0.1) is 0 Å². The third kappa shape index (κ3) is 8.65. The van der Waals surface area contributed by atoms with Crippen LogP contribution in [0.5, 0.6) is 0 Å². The highest BCUT2D eigenvalue weighted by Crippen LogP contribution is 2.30. The Balaban J connectivity index is 2.34. The molecule has 0 radical (unpaired) electrons. The van der Waals surface area contributed by atoms with Crippen LogP contribution in [0, 0.1) is 25.2 Å². The van der Waals surface area contributed by atoms with Crippen molar-refractivity contribution in [3.05, 3.63) is 46.5 Å². The number of benzene rings is 1. The summed E-state index contributed by atoms with van der Waals surface area (Å²) >= 11 is 0. The lowest BCUT2D eigenvalue weighted by Gasteiger charge is -2.40. The molecule has 0 bridgehead atoms. The molecule has 1 heterocycles. The van der Waals surface area contributed by atoms with E-state index in [2.05, 4.69) is 56.5 Å². The van der Waals surface area contributed by atoms with Crippen molar-refractivity contribution >= 4 is 17.7 Å². The highest BCUT2D eigenvalue weighted by atomic mass is 16.5. The van der Waals surface area contributed by atoms with Gasteiger partial charge < -0.3 is 25.2 Å². The molecule has 1 aliphatic rings. The summed E-state index contributed by atoms with van der Waals surface area (Å²) in [7, 11) is 3.54. The van der Waals surface area contributed by atoms with E-state index < -0.39 is 22.9 Å². The lowest BCUT2D eigenvalue weighted by Crippen LogP contribution is -2.61. The Kier molecular flexibility index (Phi) is 11.8. The van der Waals surface area contributed by atoms with Crippen LogP contribution in [0.2, 0.25) is 0 Å². The van der Waals surface area contributed by atoms with Gasteiger partial charge in [0.2, 0.25) is 17.7 Å². The predicted octanol–water partition coefficient (Wildman–Crippen LogP) is 3.99. The third-order valence-electron chi connectivity index (χ3n) is 8.17. The van der Waals surface area contributed by atoms with Crippen molar-refractivity contribution in [1.29, 1.82) is 0 Å². The second-order valence-electron chi connectivity index (χ2n) is 13.6. The minimum absolute atomic E-state index is 0.0362. The van der Waals surface area contributed by atoms with Gasteiger partial charge in [0.15, 0.2) is 0 Å². The van der Waals surface area contributed by atoms with Crippen LogP contribution in [0.3, 0.4) is 0 Å². The lowest BCUT2D eigenvalue weighted by molar-refractivity contribution is -0.141. The van der Waals surface area contributed by atoms with Gasteiger partial charge in [-0.3, -0.25) is 14.4 Å². The molecule has 8 nitrogen and oxygen atoms in total. The summed E-state index contributed by atoms with van der Waals surface area (Å²) in [6, 6.07) is 4.70. The van der Waals surface area contributed by atoms with Crippen molar-refractivity contribution < 1.29 is 19.1 Å². The first-order valence-corrected chi connectivity index (χ1v) is 14.8. The van der Waals surface area contributed by atoms with Gasteiger partial charge in [-0.05, 0) is 44.7 Å². The van der Waals surface area contributed by atoms with E-state index in [-0.39, 0.29) is 29.7 Å². The normalized spacial score (nSPS) is 17.2. The van der Waals surface area contributed by atoms with Gasteiger partial charge in [-0.2, -0.15) is 0 Å². The molecule has 1 aromatic rings. The Morgan fingerprint density at radius 3 is 1.98 bits per heavy atom. The fourth-order valence-electron chi connectivity index (χ4n) is 5.65. The van der Waals surface area contributed by atoms with Crippen LogP contribution in [0.15, 0.2) is 29.8 Å². The van der Waals surface area contributed by atoms with Crippen LogP contribution in [-0.2, 0) is 24.5 Å². The Bertz CT molecular complexity index is 1090. The fourth-order valence-corrected chi connectivity index (χ4v) is 5.65. The number of hydrogen-bond acceptors (Lipinski definition) is 5. The van der Waals surface area contributed by atoms with Crippen molar-refractivity contribution in [3.63, 3.8) is 0 Å². The van der Waals surface area contributed by atoms with Crippen molar-refractivity contribution in [1.82, 2.24) is 20.4 Å². The van der Waals surface area contributed by atoms with E-state index in [1.54, 1.807) is 30.8 Å². The zero-order valence-corrected chi connectivity index (χ0v) is 27.5. The maximum absolute atomic E-state index is 14.1. The number of morpholine rings is 1. The molecular weight excluding hydrogens is 516 g/mol. The Labute approximate surface area is 248 Å². The summed E-state index contributed by atoms with van der Waals surface area (Å²) < 4.78 is 5.38. The van der Waals surface area contributed by atoms with E-state index in [4.69, 9.17) is 4.74 Å². The van der Waals surface area contributed by atoms with Crippen LogP contribution in [-0.4, -0.2) is 86.0 Å². The molecule has 0 spiro atoms. The molecule has 1 aromatic carbocycles. The first-order chi connectivity index (χ1) is 18.9. The van der Waals surface area contributed by atoms with E-state index in [0.29, 0.717) is 31.9 Å². The summed E-state index contributed by atoms with van der Waals surface area (Å²) in [5.41, 5.74) is 2.86. The average molecular weight is 571 g/mol. The maximum Gasteiger partial charge on any atom is 0.249 e. The number of hydrogen-bond donors (Lipinski definition) is 2. The van der Waals surface area contributed by atoms with E-state index in [1.807, 2.05) is 40.7 Å². The van der Waals surface area contributed by atoms with Crippen LogP contribution in [0.25, 0.3) is 0 Å². The van der Waals surface area contributed by atoms with Gasteiger partial charge in [-0.1, -0.05) is 83.9 Å². The number of carbonyl (C=O) groups is 3. The molecule has 8 heteroatoms. The van der Waals surface area contributed by atoms with Gasteiger partial charge in [-0.25, -0.2) is 0 Å². The number of nitrogens with one attached hydrogen (secondary N) is 2. The van der Waals surface area contributed by atoms with Gasteiger partial charge in [0.1, 0.15) is 6.04 Å². The number of carbonyl (C=O) groups excluding carboxylic acids is 3. The minimum atomic E-state index is -0.768. The smallest absolute Gasteiger partial charge is 0.249 e. The quantitative estimate of drug-likeness (QED) is 0.415. The highest BCUT2D eigenvalue weighted by Gasteiger charge is 2.41. The molecule has 2 rings (SSSR count). The summed E-state index contributed by atoms with van der Waals surface area (Å²) in [6.07, 6.45) is 1.89. The van der Waals surface area contributed by atoms with Crippen molar-refractivity contribution in [2.24, 2.45) is 11.3 Å². The van der Waals surface area contributed by atoms with Crippen molar-refractivity contribution in [3.8, 4) is 0 Å². The van der Waals surface area contributed by atoms with E-state index >= 15 is 0 Å². The average Bonchev–Trinajstić information content (AvgIpc) is 2.88. The van der Waals surface area contributed by atoms with Crippen LogP contribution in [0.1, 0.15) is 72.1 Å². The van der Waals surface area contributed by atoms with E-state index in [0.717, 1.165) is 16.7 Å². The summed E-state index contributed by atoms with van der Waals surface area (Å²) in [5.74, 6) is -0.396. The standard InChI is InChI=1S/C33H54N4O4/c1-21(2)26(20-24(5)30(39)37-13-15-41-16-14-37)36(12)31(40)28(32(6,7)8)35-29(38)27(34-11)33(9,10)25-18-22(3)17-23(4)19-25/h17-21,26-28,34H,13-16H2,1-12H3,(H,35,38)/t26-,27-,28-/m1/s1.